The van der Waals surface area contributed by atoms with Gasteiger partial charge in [-0.3, -0.25) is 33.6 Å². The van der Waals surface area contributed by atoms with Crippen molar-refractivity contribution in [3.8, 4) is 5.75 Å². The molecule has 1 saturated heterocycles. The van der Waals surface area contributed by atoms with E-state index in [0.29, 0.717) is 15.4 Å². The Morgan fingerprint density at radius 1 is 0.763 bits per heavy atom. The van der Waals surface area contributed by atoms with Crippen LogP contribution in [-0.2, 0) is 43.1 Å². The Kier molecular flexibility index (Phi) is 20.5. The molecule has 0 spiro atoms. The van der Waals surface area contributed by atoms with Crippen LogP contribution in [0.25, 0.3) is 6.08 Å². The molecule has 10 N–H and O–H groups in total. The number of carbonyl (C=O) groups excluding carboxylic acids is 8. The molecule has 1 aliphatic rings. The van der Waals surface area contributed by atoms with Gasteiger partial charge in [0, 0.05) is 6.08 Å². The van der Waals surface area contributed by atoms with Crippen molar-refractivity contribution in [2.45, 2.75) is 90.2 Å². The summed E-state index contributed by atoms with van der Waals surface area (Å²) < 4.78 is 6.75. The van der Waals surface area contributed by atoms with E-state index < -0.39 is 108 Å². The molecule has 1 aliphatic heterocycles. The van der Waals surface area contributed by atoms with Gasteiger partial charge in [0.1, 0.15) is 42.1 Å². The minimum Gasteiger partial charge on any atom is -0.506 e. The third kappa shape index (κ3) is 16.7. The number of esters is 1. The van der Waals surface area contributed by atoms with Crippen LogP contribution < -0.4 is 38.1 Å². The zero-order valence-corrected chi connectivity index (χ0v) is 36.4. The lowest BCUT2D eigenvalue weighted by atomic mass is 9.98. The molecule has 59 heavy (non-hydrogen) atoms. The number of nitrogens with one attached hydrogen (secondary N) is 5. The van der Waals surface area contributed by atoms with Crippen LogP contribution in [0.15, 0.2) is 75.8 Å². The first kappa shape index (κ1) is 49.6. The molecule has 0 saturated carbocycles. The lowest BCUT2D eigenvalue weighted by Crippen LogP contribution is -2.62. The third-order valence-corrected chi connectivity index (χ3v) is 10.0. The molecule has 19 heteroatoms. The van der Waals surface area contributed by atoms with Gasteiger partial charge in [0.15, 0.2) is 0 Å². The zero-order chi connectivity index (χ0) is 44.4. The Hall–Kier alpha value is -5.56. The van der Waals surface area contributed by atoms with Crippen molar-refractivity contribution in [1.82, 2.24) is 26.6 Å². The molecule has 320 valence electrons. The SMILES string of the molecule is CCC(C)C1NC(=O)C(CC(N)=O)NC(=O)C(CC(N)=O)NC(=O)C(C(C)C)NC(=O)C(NC(=O)C=CC=CC=CC=CC=Cc2cc(Br)c(O)c(Br)c2)C(C)OC1=O. The van der Waals surface area contributed by atoms with Crippen molar-refractivity contribution in [2.24, 2.45) is 23.3 Å². The van der Waals surface area contributed by atoms with Crippen molar-refractivity contribution in [3.05, 3.63) is 81.3 Å². The van der Waals surface area contributed by atoms with Gasteiger partial charge >= 0.3 is 5.97 Å². The molecule has 0 aromatic heterocycles. The van der Waals surface area contributed by atoms with Gasteiger partial charge in [-0.25, -0.2) is 4.79 Å². The number of hydrogen-bond donors (Lipinski definition) is 8. The number of carbonyl (C=O) groups is 8. The highest BCUT2D eigenvalue weighted by Gasteiger charge is 2.39. The molecule has 7 unspecified atom stereocenters. The summed E-state index contributed by atoms with van der Waals surface area (Å²) in [5.74, 6) is -8.75. The zero-order valence-electron chi connectivity index (χ0n) is 33.2. The number of rotatable bonds is 14. The van der Waals surface area contributed by atoms with E-state index in [-0.39, 0.29) is 5.75 Å². The number of allylic oxidation sites excluding steroid dienone is 8. The average Bonchev–Trinajstić information content (AvgIpc) is 3.15. The maximum Gasteiger partial charge on any atom is 0.329 e. The van der Waals surface area contributed by atoms with Crippen LogP contribution in [0, 0.1) is 11.8 Å². The summed E-state index contributed by atoms with van der Waals surface area (Å²) in [7, 11) is 0. The fraction of sp³-hybridized carbons (Fsp3) is 0.400. The summed E-state index contributed by atoms with van der Waals surface area (Å²) >= 11 is 6.58. The number of benzene rings is 1. The van der Waals surface area contributed by atoms with E-state index in [9.17, 15) is 43.5 Å². The first-order chi connectivity index (χ1) is 27.7. The highest BCUT2D eigenvalue weighted by atomic mass is 79.9. The van der Waals surface area contributed by atoms with E-state index in [4.69, 9.17) is 16.2 Å². The predicted molar refractivity (Wildman–Crippen MR) is 226 cm³/mol. The van der Waals surface area contributed by atoms with Crippen molar-refractivity contribution >= 4 is 85.3 Å². The number of halogens is 2. The summed E-state index contributed by atoms with van der Waals surface area (Å²) in [6.45, 7) is 7.87. The second-order valence-corrected chi connectivity index (χ2v) is 15.6. The maximum absolute atomic E-state index is 13.8. The summed E-state index contributed by atoms with van der Waals surface area (Å²) in [5.41, 5.74) is 11.6. The second kappa shape index (κ2) is 24.4. The number of hydrogen-bond acceptors (Lipinski definition) is 10. The molecule has 7 atom stereocenters. The van der Waals surface area contributed by atoms with Crippen LogP contribution in [0.4, 0.5) is 0 Å². The number of cyclic esters (lactones) is 1. The lowest BCUT2D eigenvalue weighted by Gasteiger charge is -2.31. The van der Waals surface area contributed by atoms with Crippen LogP contribution in [0.2, 0.25) is 0 Å². The van der Waals surface area contributed by atoms with Crippen LogP contribution in [-0.4, -0.2) is 88.7 Å². The monoisotopic (exact) mass is 947 g/mol. The van der Waals surface area contributed by atoms with Gasteiger partial charge in [0.2, 0.25) is 41.4 Å². The fourth-order valence-electron chi connectivity index (χ4n) is 5.35. The third-order valence-electron chi connectivity index (χ3n) is 8.79. The van der Waals surface area contributed by atoms with E-state index in [2.05, 4.69) is 58.4 Å². The molecular formula is C40H51Br2N7O10. The van der Waals surface area contributed by atoms with Crippen LogP contribution in [0.1, 0.15) is 59.4 Å². The van der Waals surface area contributed by atoms with Gasteiger partial charge in [-0.2, -0.15) is 0 Å². The number of amides is 7. The summed E-state index contributed by atoms with van der Waals surface area (Å²) in [5, 5.41) is 22.0. The molecule has 1 heterocycles. The van der Waals surface area contributed by atoms with Crippen molar-refractivity contribution < 1.29 is 48.2 Å². The highest BCUT2D eigenvalue weighted by molar-refractivity contribution is 9.11. The van der Waals surface area contributed by atoms with E-state index in [1.165, 1.54) is 13.0 Å². The number of ether oxygens (including phenoxy) is 1. The fourth-order valence-corrected chi connectivity index (χ4v) is 6.58. The Morgan fingerprint density at radius 3 is 1.75 bits per heavy atom. The van der Waals surface area contributed by atoms with Crippen LogP contribution in [0.3, 0.4) is 0 Å². The quantitative estimate of drug-likeness (QED) is 0.0763. The number of phenols is 1. The molecule has 0 aliphatic carbocycles. The minimum absolute atomic E-state index is 0.108. The Morgan fingerprint density at radius 2 is 1.24 bits per heavy atom. The largest absolute Gasteiger partial charge is 0.506 e. The summed E-state index contributed by atoms with van der Waals surface area (Å²) in [4.78, 5) is 105. The lowest BCUT2D eigenvalue weighted by molar-refractivity contribution is -0.157. The van der Waals surface area contributed by atoms with Crippen molar-refractivity contribution in [3.63, 3.8) is 0 Å². The molecule has 7 amide bonds. The predicted octanol–water partition coefficient (Wildman–Crippen LogP) is 1.98. The second-order valence-electron chi connectivity index (χ2n) is 13.9. The number of phenolic OH excluding ortho intramolecular Hbond substituents is 1. The summed E-state index contributed by atoms with van der Waals surface area (Å²) in [6, 6.07) is -4.05. The number of aromatic hydroxyl groups is 1. The molecule has 1 fully saturated rings. The molecule has 1 aromatic rings. The van der Waals surface area contributed by atoms with Gasteiger partial charge in [0.25, 0.3) is 0 Å². The van der Waals surface area contributed by atoms with Gasteiger partial charge in [-0.15, -0.1) is 0 Å². The Bertz CT molecular complexity index is 1870. The van der Waals surface area contributed by atoms with Crippen molar-refractivity contribution in [2.75, 3.05) is 0 Å². The van der Waals surface area contributed by atoms with Crippen molar-refractivity contribution in [1.29, 1.82) is 0 Å². The van der Waals surface area contributed by atoms with Crippen LogP contribution >= 0.6 is 31.9 Å². The molecule has 1 aromatic carbocycles. The minimum atomic E-state index is -1.65. The number of nitrogens with two attached hydrogens (primary N) is 2. The van der Waals surface area contributed by atoms with Crippen LogP contribution in [0.5, 0.6) is 5.75 Å². The standard InChI is InChI=1S/C40H51Br2N7O10/c1-6-22(4)33-40(58)59-23(5)34(47-31(52)16-14-12-10-8-7-9-11-13-15-24-17-25(41)35(53)26(42)18-24)39(57)48-32(21(2)3)38(56)46-27(19-29(43)50)36(54)45-28(20-30(44)51)37(55)49-33/h7-18,21-23,27-28,32-34,53H,6,19-20H2,1-5H3,(H2,43,50)(H2,44,51)(H,45,54)(H,46,56)(H,47,52)(H,48,57)(H,49,55). The first-order valence-electron chi connectivity index (χ1n) is 18.6. The van der Waals surface area contributed by atoms with Gasteiger partial charge < -0.3 is 47.9 Å². The topological polar surface area (TPSA) is 278 Å². The molecule has 0 radical (unpaired) electrons. The average molecular weight is 950 g/mol. The smallest absolute Gasteiger partial charge is 0.329 e. The number of primary amides is 2. The Balaban J connectivity index is 2.37. The molecule has 17 nitrogen and oxygen atoms in total. The summed E-state index contributed by atoms with van der Waals surface area (Å²) in [6.07, 6.45) is 13.9. The first-order valence-corrected chi connectivity index (χ1v) is 20.2. The molecular weight excluding hydrogens is 898 g/mol. The normalized spacial score (nSPS) is 23.4. The van der Waals surface area contributed by atoms with Gasteiger partial charge in [-0.1, -0.05) is 88.8 Å². The van der Waals surface area contributed by atoms with E-state index in [1.54, 1.807) is 76.3 Å². The van der Waals surface area contributed by atoms with Gasteiger partial charge in [0.05, 0.1) is 21.8 Å². The maximum atomic E-state index is 13.8. The van der Waals surface area contributed by atoms with E-state index in [0.717, 1.165) is 11.6 Å². The van der Waals surface area contributed by atoms with Gasteiger partial charge in [-0.05, 0) is 68.3 Å². The Labute approximate surface area is 359 Å². The molecule has 2 rings (SSSR count). The highest BCUT2D eigenvalue weighted by Crippen LogP contribution is 2.33. The molecule has 0 bridgehead atoms. The van der Waals surface area contributed by atoms with E-state index >= 15 is 0 Å². The van der Waals surface area contributed by atoms with E-state index in [1.807, 2.05) is 12.2 Å².